The van der Waals surface area contributed by atoms with E-state index in [2.05, 4.69) is 32.6 Å². The van der Waals surface area contributed by atoms with E-state index in [4.69, 9.17) is 4.74 Å². The van der Waals surface area contributed by atoms with Crippen molar-refractivity contribution < 1.29 is 4.74 Å². The number of nitrogens with zero attached hydrogens (tertiary/aromatic N) is 2. The molecule has 2 aromatic carbocycles. The number of methoxy groups -OCH3 is 1. The molecule has 4 rings (SSSR count). The van der Waals surface area contributed by atoms with Gasteiger partial charge in [-0.2, -0.15) is 5.10 Å². The van der Waals surface area contributed by atoms with E-state index in [1.165, 1.54) is 11.3 Å². The number of ether oxygens (including phenoxy) is 1. The maximum Gasteiger partial charge on any atom is 0.203 e. The van der Waals surface area contributed by atoms with Gasteiger partial charge in [0, 0.05) is 33.1 Å². The zero-order valence-corrected chi connectivity index (χ0v) is 15.3. The highest BCUT2D eigenvalue weighted by atomic mass is 32.1. The van der Waals surface area contributed by atoms with Crippen molar-refractivity contribution in [3.63, 3.8) is 0 Å². The fraction of sp³-hybridized carbons (Fsp3) is 0.100. The van der Waals surface area contributed by atoms with E-state index in [1.54, 1.807) is 7.11 Å². The second-order valence-corrected chi connectivity index (χ2v) is 6.71. The lowest BCUT2D eigenvalue weighted by atomic mass is 10.1. The molecule has 0 atom stereocenters. The number of anilines is 1. The first-order valence-corrected chi connectivity index (χ1v) is 9.09. The molecule has 0 unspecified atom stereocenters. The number of H-pyrrole nitrogens is 1. The van der Waals surface area contributed by atoms with Gasteiger partial charge in [-0.05, 0) is 25.1 Å². The van der Waals surface area contributed by atoms with E-state index in [0.29, 0.717) is 0 Å². The lowest BCUT2D eigenvalue weighted by molar-refractivity contribution is 0.415. The Kier molecular flexibility index (Phi) is 4.41. The van der Waals surface area contributed by atoms with E-state index in [1.807, 2.05) is 54.9 Å². The number of aryl methyl sites for hydroxylation is 1. The highest BCUT2D eigenvalue weighted by molar-refractivity contribution is 7.14. The van der Waals surface area contributed by atoms with Gasteiger partial charge in [-0.1, -0.05) is 30.3 Å². The SMILES string of the molecule is COc1cccc(-c2csc(N/N=C\c3c(C)[nH]c4ccccc34)n2)c1. The van der Waals surface area contributed by atoms with Gasteiger partial charge in [0.05, 0.1) is 19.0 Å². The number of rotatable bonds is 5. The summed E-state index contributed by atoms with van der Waals surface area (Å²) < 4.78 is 5.27. The largest absolute Gasteiger partial charge is 0.497 e. The Labute approximate surface area is 155 Å². The van der Waals surface area contributed by atoms with Crippen molar-refractivity contribution in [2.75, 3.05) is 12.5 Å². The Hall–Kier alpha value is -3.12. The average molecular weight is 362 g/mol. The minimum Gasteiger partial charge on any atom is -0.497 e. The summed E-state index contributed by atoms with van der Waals surface area (Å²) in [6, 6.07) is 16.1. The summed E-state index contributed by atoms with van der Waals surface area (Å²) >= 11 is 1.52. The van der Waals surface area contributed by atoms with Crippen molar-refractivity contribution in [2.24, 2.45) is 5.10 Å². The third-order valence-electron chi connectivity index (χ3n) is 4.17. The second-order valence-electron chi connectivity index (χ2n) is 5.85. The molecule has 0 bridgehead atoms. The van der Waals surface area contributed by atoms with Crippen LogP contribution in [0.4, 0.5) is 5.13 Å². The van der Waals surface area contributed by atoms with Crippen molar-refractivity contribution in [1.82, 2.24) is 9.97 Å². The smallest absolute Gasteiger partial charge is 0.203 e. The Morgan fingerprint density at radius 2 is 2.08 bits per heavy atom. The molecule has 0 aliphatic heterocycles. The van der Waals surface area contributed by atoms with Crippen molar-refractivity contribution in [3.05, 3.63) is 65.2 Å². The Morgan fingerprint density at radius 3 is 2.96 bits per heavy atom. The number of hydrazone groups is 1. The first-order chi connectivity index (χ1) is 12.7. The molecular formula is C20H18N4OS. The van der Waals surface area contributed by atoms with Crippen LogP contribution in [0.25, 0.3) is 22.2 Å². The van der Waals surface area contributed by atoms with E-state index >= 15 is 0 Å². The molecule has 0 saturated carbocycles. The first kappa shape index (κ1) is 16.4. The Morgan fingerprint density at radius 1 is 1.19 bits per heavy atom. The first-order valence-electron chi connectivity index (χ1n) is 8.21. The summed E-state index contributed by atoms with van der Waals surface area (Å²) in [6.07, 6.45) is 1.83. The number of para-hydroxylation sites is 1. The molecule has 0 saturated heterocycles. The van der Waals surface area contributed by atoms with Crippen LogP contribution in [0, 0.1) is 6.92 Å². The molecule has 0 spiro atoms. The minimum absolute atomic E-state index is 0.747. The maximum absolute atomic E-state index is 5.27. The van der Waals surface area contributed by atoms with Crippen LogP contribution in [0.3, 0.4) is 0 Å². The van der Waals surface area contributed by atoms with Crippen LogP contribution in [0.5, 0.6) is 5.75 Å². The summed E-state index contributed by atoms with van der Waals surface area (Å²) in [5.74, 6) is 0.817. The molecule has 130 valence electrons. The highest BCUT2D eigenvalue weighted by Crippen LogP contribution is 2.27. The van der Waals surface area contributed by atoms with Gasteiger partial charge in [-0.15, -0.1) is 11.3 Å². The van der Waals surface area contributed by atoms with Crippen LogP contribution in [0.1, 0.15) is 11.3 Å². The molecule has 4 aromatic rings. The van der Waals surface area contributed by atoms with Gasteiger partial charge in [0.1, 0.15) is 5.75 Å². The molecule has 0 radical (unpaired) electrons. The molecule has 2 heterocycles. The maximum atomic E-state index is 5.27. The van der Waals surface area contributed by atoms with Gasteiger partial charge in [0.25, 0.3) is 0 Å². The zero-order chi connectivity index (χ0) is 17.9. The second kappa shape index (κ2) is 7.01. The number of thiazole rings is 1. The lowest BCUT2D eigenvalue weighted by Crippen LogP contribution is -1.91. The number of aromatic nitrogens is 2. The summed E-state index contributed by atoms with van der Waals surface area (Å²) in [5, 5.41) is 8.27. The average Bonchev–Trinajstić information content (AvgIpc) is 3.27. The number of fused-ring (bicyclic) bond motifs is 1. The van der Waals surface area contributed by atoms with Gasteiger partial charge in [0.2, 0.25) is 5.13 Å². The summed E-state index contributed by atoms with van der Waals surface area (Å²) in [4.78, 5) is 7.96. The summed E-state index contributed by atoms with van der Waals surface area (Å²) in [6.45, 7) is 2.05. The van der Waals surface area contributed by atoms with E-state index in [9.17, 15) is 0 Å². The lowest BCUT2D eigenvalue weighted by Gasteiger charge is -2.01. The number of hydrogen-bond donors (Lipinski definition) is 2. The molecule has 0 fully saturated rings. The van der Waals surface area contributed by atoms with Crippen LogP contribution in [0.15, 0.2) is 59.0 Å². The zero-order valence-electron chi connectivity index (χ0n) is 14.5. The monoisotopic (exact) mass is 362 g/mol. The topological polar surface area (TPSA) is 62.3 Å². The van der Waals surface area contributed by atoms with Gasteiger partial charge in [-0.3, -0.25) is 5.43 Å². The normalized spacial score (nSPS) is 11.3. The Bertz CT molecular complexity index is 1080. The number of benzene rings is 2. The van der Waals surface area contributed by atoms with E-state index in [-0.39, 0.29) is 0 Å². The molecule has 2 N–H and O–H groups in total. The van der Waals surface area contributed by atoms with Crippen molar-refractivity contribution >= 4 is 33.6 Å². The van der Waals surface area contributed by atoms with E-state index in [0.717, 1.165) is 44.3 Å². The number of aromatic amines is 1. The molecule has 0 amide bonds. The predicted octanol–water partition coefficient (Wildman–Crippen LogP) is 5.05. The van der Waals surface area contributed by atoms with Crippen molar-refractivity contribution in [3.8, 4) is 17.0 Å². The molecule has 5 nitrogen and oxygen atoms in total. The summed E-state index contributed by atoms with van der Waals surface area (Å²) in [7, 11) is 1.66. The molecule has 6 heteroatoms. The fourth-order valence-electron chi connectivity index (χ4n) is 2.86. The van der Waals surface area contributed by atoms with Crippen LogP contribution in [-0.2, 0) is 0 Å². The number of nitrogens with one attached hydrogen (secondary N) is 2. The predicted molar refractivity (Wildman–Crippen MR) is 108 cm³/mol. The van der Waals surface area contributed by atoms with Crippen LogP contribution in [-0.4, -0.2) is 23.3 Å². The van der Waals surface area contributed by atoms with Crippen LogP contribution < -0.4 is 10.2 Å². The van der Waals surface area contributed by atoms with Crippen LogP contribution in [0.2, 0.25) is 0 Å². The quantitative estimate of drug-likeness (QED) is 0.385. The van der Waals surface area contributed by atoms with Crippen molar-refractivity contribution in [1.29, 1.82) is 0 Å². The summed E-state index contributed by atoms with van der Waals surface area (Å²) in [5.41, 5.74) is 8.23. The minimum atomic E-state index is 0.747. The standard InChI is InChI=1S/C20H18N4OS/c1-13-17(16-8-3-4-9-18(16)22-13)11-21-24-20-23-19(12-26-20)14-6-5-7-15(10-14)25-2/h3-12,22H,1-2H3,(H,23,24)/b21-11-. The third-order valence-corrected chi connectivity index (χ3v) is 4.91. The van der Waals surface area contributed by atoms with E-state index < -0.39 is 0 Å². The Balaban J connectivity index is 1.52. The van der Waals surface area contributed by atoms with Gasteiger partial charge in [-0.25, -0.2) is 4.98 Å². The molecule has 2 aromatic heterocycles. The molecule has 0 aliphatic rings. The van der Waals surface area contributed by atoms with Gasteiger partial charge in [0.15, 0.2) is 0 Å². The van der Waals surface area contributed by atoms with Crippen molar-refractivity contribution in [2.45, 2.75) is 6.92 Å². The molecular weight excluding hydrogens is 344 g/mol. The molecule has 0 aliphatic carbocycles. The number of hydrogen-bond acceptors (Lipinski definition) is 5. The third kappa shape index (κ3) is 3.19. The molecule has 26 heavy (non-hydrogen) atoms. The van der Waals surface area contributed by atoms with Gasteiger partial charge < -0.3 is 9.72 Å². The van der Waals surface area contributed by atoms with Gasteiger partial charge >= 0.3 is 0 Å². The van der Waals surface area contributed by atoms with Crippen LogP contribution >= 0.6 is 11.3 Å². The fourth-order valence-corrected chi connectivity index (χ4v) is 3.53. The highest BCUT2D eigenvalue weighted by Gasteiger charge is 2.07.